The summed E-state index contributed by atoms with van der Waals surface area (Å²) < 4.78 is 6.49. The van der Waals surface area contributed by atoms with E-state index in [2.05, 4.69) is 16.8 Å². The third-order valence-electron chi connectivity index (χ3n) is 3.05. The minimum absolute atomic E-state index is 0.148. The number of nitrogens with one attached hydrogen (secondary N) is 1. The van der Waals surface area contributed by atoms with Crippen LogP contribution in [0.3, 0.4) is 0 Å². The quantitative estimate of drug-likeness (QED) is 0.572. The Morgan fingerprint density at radius 3 is 2.74 bits per heavy atom. The molecule has 0 aromatic carbocycles. The van der Waals surface area contributed by atoms with E-state index in [0.29, 0.717) is 0 Å². The Morgan fingerprint density at radius 2 is 2.16 bits per heavy atom. The fourth-order valence-corrected chi connectivity index (χ4v) is 2.03. The van der Waals surface area contributed by atoms with Gasteiger partial charge in [-0.3, -0.25) is 14.3 Å². The molecule has 0 spiro atoms. The molecule has 1 saturated heterocycles. The molecule has 0 unspecified atom stereocenters. The molecule has 1 aromatic rings. The molecule has 1 aliphatic heterocycles. The van der Waals surface area contributed by atoms with Crippen molar-refractivity contribution in [2.75, 3.05) is 13.2 Å². The zero-order valence-corrected chi connectivity index (χ0v) is 10.3. The first kappa shape index (κ1) is 13.5. The summed E-state index contributed by atoms with van der Waals surface area (Å²) >= 11 is 0. The van der Waals surface area contributed by atoms with Crippen LogP contribution in [0.2, 0.25) is 0 Å². The fraction of sp³-hybridized carbons (Fsp3) is 0.500. The number of aromatic nitrogens is 2. The van der Waals surface area contributed by atoms with Crippen molar-refractivity contribution in [1.82, 2.24) is 9.55 Å². The molecule has 1 aromatic heterocycles. The molecular weight excluding hydrogens is 252 g/mol. The number of ether oxygens (including phenoxy) is 1. The number of H-pyrrole nitrogens is 1. The van der Waals surface area contributed by atoms with Crippen LogP contribution < -0.4 is 11.2 Å². The molecule has 7 nitrogen and oxygen atoms in total. The van der Waals surface area contributed by atoms with Crippen LogP contribution in [0.5, 0.6) is 0 Å². The monoisotopic (exact) mass is 266 g/mol. The molecule has 0 bridgehead atoms. The van der Waals surface area contributed by atoms with Crippen molar-refractivity contribution in [3.63, 3.8) is 0 Å². The van der Waals surface area contributed by atoms with Gasteiger partial charge in [0.2, 0.25) is 0 Å². The fourth-order valence-electron chi connectivity index (χ4n) is 2.03. The van der Waals surface area contributed by atoms with Crippen LogP contribution in [0.15, 0.2) is 15.8 Å². The molecule has 0 aliphatic carbocycles. The molecule has 3 N–H and O–H groups in total. The van der Waals surface area contributed by atoms with Crippen LogP contribution in [-0.2, 0) is 4.74 Å². The first-order valence-corrected chi connectivity index (χ1v) is 5.77. The van der Waals surface area contributed by atoms with Gasteiger partial charge in [-0.2, -0.15) is 0 Å². The third-order valence-corrected chi connectivity index (χ3v) is 3.05. The third kappa shape index (κ3) is 2.33. The van der Waals surface area contributed by atoms with Gasteiger partial charge < -0.3 is 14.9 Å². The van der Waals surface area contributed by atoms with E-state index in [1.54, 1.807) is 6.92 Å². The molecular formula is C12H14N2O5. The van der Waals surface area contributed by atoms with Crippen molar-refractivity contribution < 1.29 is 14.9 Å². The van der Waals surface area contributed by atoms with Gasteiger partial charge in [-0.05, 0) is 6.92 Å². The van der Waals surface area contributed by atoms with E-state index < -0.39 is 29.5 Å². The molecule has 0 amide bonds. The van der Waals surface area contributed by atoms with Gasteiger partial charge in [0, 0.05) is 6.20 Å². The smallest absolute Gasteiger partial charge is 0.330 e. The van der Waals surface area contributed by atoms with Gasteiger partial charge in [-0.1, -0.05) is 5.92 Å². The van der Waals surface area contributed by atoms with E-state index in [4.69, 9.17) is 9.84 Å². The lowest BCUT2D eigenvalue weighted by Gasteiger charge is -2.43. The summed E-state index contributed by atoms with van der Waals surface area (Å²) in [5.74, 6) is 4.77. The van der Waals surface area contributed by atoms with E-state index in [0.717, 1.165) is 0 Å². The number of hydrogen-bond acceptors (Lipinski definition) is 5. The SMILES string of the molecule is CC#Cc1cn([C@@H]2O[C@H](CO)[C@H]2CO)c(=O)[nH]c1=O. The normalized spacial score (nSPS) is 25.3. The lowest BCUT2D eigenvalue weighted by atomic mass is 9.95. The number of aliphatic hydroxyl groups is 2. The first-order chi connectivity index (χ1) is 9.12. The summed E-state index contributed by atoms with van der Waals surface area (Å²) in [4.78, 5) is 25.3. The molecule has 2 rings (SSSR count). The van der Waals surface area contributed by atoms with Crippen molar-refractivity contribution in [3.8, 4) is 11.8 Å². The highest BCUT2D eigenvalue weighted by Gasteiger charge is 2.43. The lowest BCUT2D eigenvalue weighted by molar-refractivity contribution is -0.246. The van der Waals surface area contributed by atoms with E-state index in [1.165, 1.54) is 10.8 Å². The summed E-state index contributed by atoms with van der Waals surface area (Å²) in [5.41, 5.74) is -1.05. The number of aliphatic hydroxyl groups excluding tert-OH is 2. The summed E-state index contributed by atoms with van der Waals surface area (Å²) in [6.45, 7) is 1.12. The Balaban J connectivity index is 2.40. The average Bonchev–Trinajstić information content (AvgIpc) is 2.34. The minimum atomic E-state index is -0.705. The van der Waals surface area contributed by atoms with Gasteiger partial charge >= 0.3 is 5.69 Å². The van der Waals surface area contributed by atoms with Crippen LogP contribution in [0.4, 0.5) is 0 Å². The standard InChI is InChI=1S/C12H14N2O5/c1-2-3-7-4-14(12(18)13-10(7)17)11-8(5-15)9(6-16)19-11/h4,8-9,11,15-16H,5-6H2,1H3,(H,13,17,18)/t8-,9-,11-/m1/s1. The number of nitrogens with zero attached hydrogens (tertiary/aromatic N) is 1. The highest BCUT2D eigenvalue weighted by atomic mass is 16.6. The summed E-state index contributed by atoms with van der Waals surface area (Å²) in [6.07, 6.45) is 0.0944. The zero-order valence-electron chi connectivity index (χ0n) is 10.3. The number of aromatic amines is 1. The maximum atomic E-state index is 11.7. The topological polar surface area (TPSA) is 105 Å². The highest BCUT2D eigenvalue weighted by molar-refractivity contribution is 5.28. The van der Waals surface area contributed by atoms with Crippen molar-refractivity contribution >= 4 is 0 Å². The van der Waals surface area contributed by atoms with Gasteiger partial charge in [0.25, 0.3) is 5.56 Å². The van der Waals surface area contributed by atoms with Gasteiger partial charge in [-0.15, -0.1) is 5.92 Å². The van der Waals surface area contributed by atoms with Crippen molar-refractivity contribution in [1.29, 1.82) is 0 Å². The summed E-state index contributed by atoms with van der Waals surface area (Å²) in [5, 5.41) is 18.2. The van der Waals surface area contributed by atoms with Crippen LogP contribution in [0.25, 0.3) is 0 Å². The second kappa shape index (κ2) is 5.40. The predicted octanol–water partition coefficient (Wildman–Crippen LogP) is -1.59. The summed E-state index contributed by atoms with van der Waals surface area (Å²) in [7, 11) is 0. The number of hydrogen-bond donors (Lipinski definition) is 3. The lowest BCUT2D eigenvalue weighted by Crippen LogP contribution is -2.52. The predicted molar refractivity (Wildman–Crippen MR) is 65.4 cm³/mol. The molecule has 19 heavy (non-hydrogen) atoms. The van der Waals surface area contributed by atoms with Crippen LogP contribution >= 0.6 is 0 Å². The van der Waals surface area contributed by atoms with Crippen molar-refractivity contribution in [2.45, 2.75) is 19.3 Å². The molecule has 7 heteroatoms. The molecule has 2 heterocycles. The van der Waals surface area contributed by atoms with E-state index in [-0.39, 0.29) is 18.8 Å². The minimum Gasteiger partial charge on any atom is -0.396 e. The Labute approximate surface area is 108 Å². The molecule has 102 valence electrons. The van der Waals surface area contributed by atoms with Crippen LogP contribution in [-0.4, -0.2) is 39.1 Å². The first-order valence-electron chi connectivity index (χ1n) is 5.77. The van der Waals surface area contributed by atoms with E-state index in [1.807, 2.05) is 0 Å². The molecule has 1 fully saturated rings. The number of rotatable bonds is 3. The maximum Gasteiger partial charge on any atom is 0.330 e. The van der Waals surface area contributed by atoms with E-state index >= 15 is 0 Å². The van der Waals surface area contributed by atoms with Crippen LogP contribution in [0, 0.1) is 17.8 Å². The Bertz CT molecular complexity index is 636. The van der Waals surface area contributed by atoms with Gasteiger partial charge in [0.05, 0.1) is 25.2 Å². The molecule has 1 aliphatic rings. The second-order valence-electron chi connectivity index (χ2n) is 4.18. The summed E-state index contributed by atoms with van der Waals surface area (Å²) in [6, 6.07) is 0. The van der Waals surface area contributed by atoms with Crippen molar-refractivity contribution in [2.24, 2.45) is 5.92 Å². The zero-order chi connectivity index (χ0) is 14.0. The van der Waals surface area contributed by atoms with E-state index in [9.17, 15) is 14.7 Å². The van der Waals surface area contributed by atoms with Crippen molar-refractivity contribution in [3.05, 3.63) is 32.6 Å². The second-order valence-corrected chi connectivity index (χ2v) is 4.18. The highest BCUT2D eigenvalue weighted by Crippen LogP contribution is 2.35. The molecule has 0 saturated carbocycles. The largest absolute Gasteiger partial charge is 0.396 e. The molecule has 3 atom stereocenters. The Kier molecular flexibility index (Phi) is 3.85. The van der Waals surface area contributed by atoms with Gasteiger partial charge in [0.15, 0.2) is 0 Å². The maximum absolute atomic E-state index is 11.7. The Morgan fingerprint density at radius 1 is 1.42 bits per heavy atom. The Hall–Kier alpha value is -1.88. The molecule has 0 radical (unpaired) electrons. The van der Waals surface area contributed by atoms with Gasteiger partial charge in [0.1, 0.15) is 11.8 Å². The van der Waals surface area contributed by atoms with Gasteiger partial charge in [-0.25, -0.2) is 4.79 Å². The average molecular weight is 266 g/mol. The van der Waals surface area contributed by atoms with Crippen LogP contribution in [0.1, 0.15) is 18.7 Å².